The van der Waals surface area contributed by atoms with E-state index in [4.69, 9.17) is 5.11 Å². The molecule has 2 N–H and O–H groups in total. The number of nitrogens with zero attached hydrogens (tertiary/aromatic N) is 1. The van der Waals surface area contributed by atoms with Crippen molar-refractivity contribution < 1.29 is 19.5 Å². The molecule has 1 aliphatic carbocycles. The molecule has 2 atom stereocenters. The van der Waals surface area contributed by atoms with Gasteiger partial charge in [-0.25, -0.2) is 0 Å². The van der Waals surface area contributed by atoms with Crippen LogP contribution in [0.1, 0.15) is 32.6 Å². The van der Waals surface area contributed by atoms with Crippen LogP contribution < -0.4 is 5.32 Å². The number of rotatable bonds is 6. The lowest BCUT2D eigenvalue weighted by atomic mass is 10.0. The number of nitrogens with one attached hydrogen (secondary N) is 1. The number of carboxylic acid groups (broad SMARTS) is 1. The third kappa shape index (κ3) is 4.22. The number of hydrogen-bond donors (Lipinski definition) is 2. The van der Waals surface area contributed by atoms with E-state index in [2.05, 4.69) is 5.32 Å². The van der Waals surface area contributed by atoms with E-state index < -0.39 is 11.9 Å². The minimum Gasteiger partial charge on any atom is -0.481 e. The van der Waals surface area contributed by atoms with Gasteiger partial charge in [-0.2, -0.15) is 0 Å². The van der Waals surface area contributed by atoms with E-state index in [1.807, 2.05) is 6.92 Å². The summed E-state index contributed by atoms with van der Waals surface area (Å²) in [6.07, 6.45) is 2.31. The van der Waals surface area contributed by atoms with Crippen LogP contribution in [0.5, 0.6) is 0 Å². The van der Waals surface area contributed by atoms with Gasteiger partial charge < -0.3 is 15.3 Å². The third-order valence-electron chi connectivity index (χ3n) is 3.55. The minimum atomic E-state index is -0.830. The van der Waals surface area contributed by atoms with E-state index in [1.54, 1.807) is 0 Å². The number of aliphatic carboxylic acids is 1. The summed E-state index contributed by atoms with van der Waals surface area (Å²) in [5, 5.41) is 11.4. The SMILES string of the molecule is CCCN(CC(=O)NC)C(=O)C1CCC(C(=O)O)C1. The zero-order chi connectivity index (χ0) is 14.4. The molecule has 0 spiro atoms. The lowest BCUT2D eigenvalue weighted by molar-refractivity contribution is -0.142. The number of likely N-dealkylation sites (N-methyl/N-ethyl adjacent to an activating group) is 1. The van der Waals surface area contributed by atoms with Gasteiger partial charge in [-0.05, 0) is 25.7 Å². The van der Waals surface area contributed by atoms with Gasteiger partial charge in [0, 0.05) is 19.5 Å². The van der Waals surface area contributed by atoms with Crippen LogP contribution in [-0.2, 0) is 14.4 Å². The average molecular weight is 270 g/mol. The Balaban J connectivity index is 2.61. The number of hydrogen-bond acceptors (Lipinski definition) is 3. The van der Waals surface area contributed by atoms with Crippen molar-refractivity contribution in [3.8, 4) is 0 Å². The van der Waals surface area contributed by atoms with Crippen molar-refractivity contribution in [3.63, 3.8) is 0 Å². The van der Waals surface area contributed by atoms with Gasteiger partial charge in [0.1, 0.15) is 0 Å². The molecule has 0 aromatic carbocycles. The maximum atomic E-state index is 12.3. The molecule has 0 aromatic heterocycles. The van der Waals surface area contributed by atoms with Crippen LogP contribution in [0.4, 0.5) is 0 Å². The summed E-state index contributed by atoms with van der Waals surface area (Å²) < 4.78 is 0. The highest BCUT2D eigenvalue weighted by atomic mass is 16.4. The number of carboxylic acids is 1. The van der Waals surface area contributed by atoms with Crippen molar-refractivity contribution in [1.82, 2.24) is 10.2 Å². The first-order valence-electron chi connectivity index (χ1n) is 6.71. The fourth-order valence-corrected chi connectivity index (χ4v) is 2.48. The molecule has 0 bridgehead atoms. The summed E-state index contributed by atoms with van der Waals surface area (Å²) in [5.74, 6) is -1.79. The zero-order valence-electron chi connectivity index (χ0n) is 11.5. The molecule has 2 amide bonds. The highest BCUT2D eigenvalue weighted by molar-refractivity contribution is 5.86. The van der Waals surface area contributed by atoms with Crippen LogP contribution in [0.2, 0.25) is 0 Å². The topological polar surface area (TPSA) is 86.7 Å². The Labute approximate surface area is 113 Å². The van der Waals surface area contributed by atoms with Crippen molar-refractivity contribution in [1.29, 1.82) is 0 Å². The van der Waals surface area contributed by atoms with Crippen molar-refractivity contribution in [2.45, 2.75) is 32.6 Å². The molecule has 2 unspecified atom stereocenters. The van der Waals surface area contributed by atoms with Crippen molar-refractivity contribution in [2.24, 2.45) is 11.8 Å². The normalized spacial score (nSPS) is 22.0. The van der Waals surface area contributed by atoms with Crippen LogP contribution in [0.3, 0.4) is 0 Å². The van der Waals surface area contributed by atoms with Crippen LogP contribution in [0.15, 0.2) is 0 Å². The highest BCUT2D eigenvalue weighted by Crippen LogP contribution is 2.32. The highest BCUT2D eigenvalue weighted by Gasteiger charge is 2.35. The monoisotopic (exact) mass is 270 g/mol. The van der Waals surface area contributed by atoms with Gasteiger partial charge in [0.15, 0.2) is 0 Å². The van der Waals surface area contributed by atoms with Gasteiger partial charge in [-0.3, -0.25) is 14.4 Å². The fourth-order valence-electron chi connectivity index (χ4n) is 2.48. The quantitative estimate of drug-likeness (QED) is 0.734. The number of carbonyl (C=O) groups is 3. The van der Waals surface area contributed by atoms with Crippen LogP contribution in [0.25, 0.3) is 0 Å². The van der Waals surface area contributed by atoms with E-state index in [1.165, 1.54) is 11.9 Å². The first-order valence-corrected chi connectivity index (χ1v) is 6.71. The second-order valence-electron chi connectivity index (χ2n) is 4.98. The molecule has 6 heteroatoms. The van der Waals surface area contributed by atoms with E-state index >= 15 is 0 Å². The molecule has 0 heterocycles. The van der Waals surface area contributed by atoms with E-state index in [9.17, 15) is 14.4 Å². The summed E-state index contributed by atoms with van der Waals surface area (Å²) in [7, 11) is 1.53. The molecule has 0 radical (unpaired) electrons. The molecule has 1 aliphatic rings. The standard InChI is InChI=1S/C13H22N2O4/c1-3-6-15(8-11(16)14-2)12(17)9-4-5-10(7-9)13(18)19/h9-10H,3-8H2,1-2H3,(H,14,16)(H,18,19). The Kier molecular flexibility index (Phi) is 5.79. The summed E-state index contributed by atoms with van der Waals surface area (Å²) >= 11 is 0. The Morgan fingerprint density at radius 3 is 2.37 bits per heavy atom. The van der Waals surface area contributed by atoms with Gasteiger partial charge >= 0.3 is 5.97 Å². The smallest absolute Gasteiger partial charge is 0.306 e. The van der Waals surface area contributed by atoms with E-state index in [0.29, 0.717) is 25.8 Å². The summed E-state index contributed by atoms with van der Waals surface area (Å²) in [5.41, 5.74) is 0. The van der Waals surface area contributed by atoms with E-state index in [0.717, 1.165) is 6.42 Å². The zero-order valence-corrected chi connectivity index (χ0v) is 11.5. The molecule has 19 heavy (non-hydrogen) atoms. The first kappa shape index (κ1) is 15.5. The maximum absolute atomic E-state index is 12.3. The Hall–Kier alpha value is -1.59. The molecule has 6 nitrogen and oxygen atoms in total. The third-order valence-corrected chi connectivity index (χ3v) is 3.55. The average Bonchev–Trinajstić information content (AvgIpc) is 2.86. The van der Waals surface area contributed by atoms with Crippen LogP contribution in [-0.4, -0.2) is 47.9 Å². The van der Waals surface area contributed by atoms with Gasteiger partial charge in [0.05, 0.1) is 12.5 Å². The molecule has 1 rings (SSSR count). The van der Waals surface area contributed by atoms with Gasteiger partial charge in [0.2, 0.25) is 11.8 Å². The van der Waals surface area contributed by atoms with E-state index in [-0.39, 0.29) is 24.3 Å². The molecule has 0 saturated heterocycles. The maximum Gasteiger partial charge on any atom is 0.306 e. The summed E-state index contributed by atoms with van der Waals surface area (Å²) in [6.45, 7) is 2.52. The second kappa shape index (κ2) is 7.11. The predicted octanol–water partition coefficient (Wildman–Crippen LogP) is 0.472. The van der Waals surface area contributed by atoms with Crippen molar-refractivity contribution in [3.05, 3.63) is 0 Å². The number of amides is 2. The van der Waals surface area contributed by atoms with Crippen molar-refractivity contribution >= 4 is 17.8 Å². The molecule has 108 valence electrons. The van der Waals surface area contributed by atoms with Crippen molar-refractivity contribution in [2.75, 3.05) is 20.1 Å². The summed E-state index contributed by atoms with van der Waals surface area (Å²) in [6, 6.07) is 0. The van der Waals surface area contributed by atoms with Crippen LogP contribution >= 0.6 is 0 Å². The largest absolute Gasteiger partial charge is 0.481 e. The van der Waals surface area contributed by atoms with Gasteiger partial charge in [-0.1, -0.05) is 6.92 Å². The first-order chi connectivity index (χ1) is 8.99. The molecular formula is C13H22N2O4. The predicted molar refractivity (Wildman–Crippen MR) is 69.4 cm³/mol. The molecule has 0 aromatic rings. The number of carbonyl (C=O) groups excluding carboxylic acids is 2. The Morgan fingerprint density at radius 1 is 1.26 bits per heavy atom. The lowest BCUT2D eigenvalue weighted by Crippen LogP contribution is -2.42. The molecule has 0 aliphatic heterocycles. The summed E-state index contributed by atoms with van der Waals surface area (Å²) in [4.78, 5) is 36.1. The van der Waals surface area contributed by atoms with Gasteiger partial charge in [-0.15, -0.1) is 0 Å². The fraction of sp³-hybridized carbons (Fsp3) is 0.769. The molecule has 1 saturated carbocycles. The minimum absolute atomic E-state index is 0.0530. The molecule has 1 fully saturated rings. The van der Waals surface area contributed by atoms with Gasteiger partial charge in [0.25, 0.3) is 0 Å². The Bertz CT molecular complexity index is 357. The second-order valence-corrected chi connectivity index (χ2v) is 4.98. The molecular weight excluding hydrogens is 248 g/mol. The lowest BCUT2D eigenvalue weighted by Gasteiger charge is -2.24. The Morgan fingerprint density at radius 2 is 1.89 bits per heavy atom. The van der Waals surface area contributed by atoms with Crippen LogP contribution in [0, 0.1) is 11.8 Å².